The second-order valence-electron chi connectivity index (χ2n) is 7.15. The lowest BCUT2D eigenvalue weighted by molar-refractivity contribution is -0.127. The van der Waals surface area contributed by atoms with Gasteiger partial charge in [-0.15, -0.1) is 0 Å². The maximum atomic E-state index is 12.9. The summed E-state index contributed by atoms with van der Waals surface area (Å²) in [5.41, 5.74) is 2.54. The third-order valence-corrected chi connectivity index (χ3v) is 5.75. The van der Waals surface area contributed by atoms with E-state index in [1.807, 2.05) is 62.4 Å². The highest BCUT2D eigenvalue weighted by Crippen LogP contribution is 2.22. The fourth-order valence-electron chi connectivity index (χ4n) is 3.35. The van der Waals surface area contributed by atoms with E-state index in [4.69, 9.17) is 0 Å². The number of amides is 1. The Bertz CT molecular complexity index is 1140. The van der Waals surface area contributed by atoms with Gasteiger partial charge in [0.2, 0.25) is 0 Å². The summed E-state index contributed by atoms with van der Waals surface area (Å²) in [7, 11) is 0. The summed E-state index contributed by atoms with van der Waals surface area (Å²) in [6, 6.07) is 17.2. The predicted molar refractivity (Wildman–Crippen MR) is 116 cm³/mol. The van der Waals surface area contributed by atoms with Crippen molar-refractivity contribution in [3.05, 3.63) is 70.5 Å². The zero-order chi connectivity index (χ0) is 20.4. The highest BCUT2D eigenvalue weighted by molar-refractivity contribution is 7.99. The summed E-state index contributed by atoms with van der Waals surface area (Å²) < 4.78 is 1.66. The highest BCUT2D eigenvalue weighted by Gasteiger charge is 2.23. The lowest BCUT2D eigenvalue weighted by Crippen LogP contribution is -2.27. The van der Waals surface area contributed by atoms with Crippen LogP contribution in [0.2, 0.25) is 0 Å². The number of thioether (sulfide) groups is 1. The number of aromatic nitrogens is 2. The van der Waals surface area contributed by atoms with Crippen molar-refractivity contribution in [1.29, 1.82) is 0 Å². The van der Waals surface area contributed by atoms with Crippen LogP contribution in [-0.2, 0) is 4.79 Å². The van der Waals surface area contributed by atoms with Crippen LogP contribution < -0.4 is 5.56 Å². The molecular weight excluding hydrogens is 384 g/mol. The zero-order valence-electron chi connectivity index (χ0n) is 16.4. The van der Waals surface area contributed by atoms with Crippen molar-refractivity contribution >= 4 is 34.3 Å². The number of hydrogen-bond acceptors (Lipinski definition) is 5. The van der Waals surface area contributed by atoms with Crippen molar-refractivity contribution in [2.45, 2.75) is 31.5 Å². The fraction of sp³-hybridized carbons (Fsp3) is 0.273. The minimum Gasteiger partial charge on any atom is -0.285 e. The molecule has 1 aliphatic heterocycles. The van der Waals surface area contributed by atoms with Gasteiger partial charge in [-0.3, -0.25) is 14.2 Å². The summed E-state index contributed by atoms with van der Waals surface area (Å²) in [6.45, 7) is 4.47. The maximum Gasteiger partial charge on any atom is 0.262 e. The van der Waals surface area contributed by atoms with Crippen molar-refractivity contribution in [1.82, 2.24) is 14.6 Å². The van der Waals surface area contributed by atoms with Crippen LogP contribution in [0.5, 0.6) is 0 Å². The average Bonchev–Trinajstić information content (AvgIpc) is 3.23. The van der Waals surface area contributed by atoms with E-state index in [1.165, 1.54) is 16.8 Å². The summed E-state index contributed by atoms with van der Waals surface area (Å²) >= 11 is 1.29. The number of carbonyl (C=O) groups excluding carboxylic acids is 1. The molecule has 1 aromatic heterocycles. The van der Waals surface area contributed by atoms with Crippen LogP contribution in [0.15, 0.2) is 69.6 Å². The summed E-state index contributed by atoms with van der Waals surface area (Å²) in [4.78, 5) is 30.2. The van der Waals surface area contributed by atoms with Crippen molar-refractivity contribution < 1.29 is 4.79 Å². The molecule has 0 aliphatic carbocycles. The van der Waals surface area contributed by atoms with Crippen molar-refractivity contribution in [3.63, 3.8) is 0 Å². The molecule has 0 saturated carbocycles. The van der Waals surface area contributed by atoms with E-state index < -0.39 is 0 Å². The van der Waals surface area contributed by atoms with Gasteiger partial charge in [0, 0.05) is 12.5 Å². The average molecular weight is 407 g/mol. The zero-order valence-corrected chi connectivity index (χ0v) is 17.2. The summed E-state index contributed by atoms with van der Waals surface area (Å²) in [6.07, 6.45) is 0.741. The minimum absolute atomic E-state index is 0.0494. The Balaban J connectivity index is 1.54. The van der Waals surface area contributed by atoms with E-state index in [9.17, 15) is 9.59 Å². The number of carbonyl (C=O) groups is 1. The standard InChI is InChI=1S/C22H22N4O2S/c1-15(2)26-21(28)17-10-6-7-11-19(17)23-22(26)29-14-20(27)25-13-12-18(24-25)16-8-4-3-5-9-16/h3-11,15H,12-14H2,1-2H3. The van der Waals surface area contributed by atoms with Crippen LogP contribution in [0.1, 0.15) is 31.9 Å². The van der Waals surface area contributed by atoms with Gasteiger partial charge in [0.25, 0.3) is 11.5 Å². The number of nitrogens with zero attached hydrogens (tertiary/aromatic N) is 4. The molecule has 0 radical (unpaired) electrons. The molecule has 0 fully saturated rings. The van der Waals surface area contributed by atoms with Gasteiger partial charge in [-0.25, -0.2) is 9.99 Å². The first-order valence-electron chi connectivity index (χ1n) is 9.62. The van der Waals surface area contributed by atoms with E-state index in [1.54, 1.807) is 10.6 Å². The molecule has 0 saturated heterocycles. The number of fused-ring (bicyclic) bond motifs is 1. The Labute approximate surface area is 173 Å². The second-order valence-corrected chi connectivity index (χ2v) is 8.09. The summed E-state index contributed by atoms with van der Waals surface area (Å²) in [5.74, 6) is 0.0990. The van der Waals surface area contributed by atoms with E-state index in [2.05, 4.69) is 10.1 Å². The van der Waals surface area contributed by atoms with Crippen molar-refractivity contribution in [2.75, 3.05) is 12.3 Å². The normalized spacial score (nSPS) is 13.9. The molecule has 7 heteroatoms. The molecule has 29 heavy (non-hydrogen) atoms. The molecule has 3 aromatic rings. The van der Waals surface area contributed by atoms with E-state index in [0.29, 0.717) is 22.6 Å². The summed E-state index contributed by atoms with van der Waals surface area (Å²) in [5, 5.41) is 7.17. The predicted octanol–water partition coefficient (Wildman–Crippen LogP) is 3.71. The number of rotatable bonds is 5. The Morgan fingerprint density at radius 1 is 1.10 bits per heavy atom. The van der Waals surface area contributed by atoms with E-state index in [0.717, 1.165) is 17.7 Å². The van der Waals surface area contributed by atoms with Crippen LogP contribution in [-0.4, -0.2) is 38.5 Å². The number of hydrogen-bond donors (Lipinski definition) is 0. The van der Waals surface area contributed by atoms with Crippen molar-refractivity contribution in [2.24, 2.45) is 5.10 Å². The molecule has 2 heterocycles. The van der Waals surface area contributed by atoms with Crippen LogP contribution in [0.25, 0.3) is 10.9 Å². The topological polar surface area (TPSA) is 67.6 Å². The largest absolute Gasteiger partial charge is 0.285 e. The van der Waals surface area contributed by atoms with Gasteiger partial charge >= 0.3 is 0 Å². The first-order valence-corrected chi connectivity index (χ1v) is 10.6. The molecule has 6 nitrogen and oxygen atoms in total. The van der Waals surface area contributed by atoms with Gasteiger partial charge in [-0.05, 0) is 31.5 Å². The first kappa shape index (κ1) is 19.4. The second kappa shape index (κ2) is 8.21. The maximum absolute atomic E-state index is 12.9. The van der Waals surface area contributed by atoms with E-state index in [-0.39, 0.29) is 23.3 Å². The molecule has 1 aliphatic rings. The molecule has 4 rings (SSSR count). The molecule has 2 aromatic carbocycles. The minimum atomic E-state index is -0.0846. The molecule has 1 amide bonds. The molecule has 148 valence electrons. The van der Waals surface area contributed by atoms with Gasteiger partial charge < -0.3 is 0 Å². The van der Waals surface area contributed by atoms with Gasteiger partial charge in [0.05, 0.1) is 28.9 Å². The van der Waals surface area contributed by atoms with Gasteiger partial charge in [-0.2, -0.15) is 5.10 Å². The molecule has 0 bridgehead atoms. The molecular formula is C22H22N4O2S. The fourth-order valence-corrected chi connectivity index (χ4v) is 4.35. The Morgan fingerprint density at radius 3 is 2.59 bits per heavy atom. The monoisotopic (exact) mass is 406 g/mol. The van der Waals surface area contributed by atoms with E-state index >= 15 is 0 Å². The Hall–Kier alpha value is -2.93. The van der Waals surface area contributed by atoms with Crippen LogP contribution in [0, 0.1) is 0 Å². The van der Waals surface area contributed by atoms with Crippen molar-refractivity contribution in [3.8, 4) is 0 Å². The molecule has 0 atom stereocenters. The molecule has 0 unspecified atom stereocenters. The Morgan fingerprint density at radius 2 is 1.83 bits per heavy atom. The molecule has 0 spiro atoms. The SMILES string of the molecule is CC(C)n1c(SCC(=O)N2CCC(c3ccccc3)=N2)nc2ccccc2c1=O. The van der Waals surface area contributed by atoms with Gasteiger partial charge in [0.1, 0.15) is 0 Å². The smallest absolute Gasteiger partial charge is 0.262 e. The lowest BCUT2D eigenvalue weighted by atomic mass is 10.1. The number of para-hydroxylation sites is 1. The third kappa shape index (κ3) is 3.96. The quantitative estimate of drug-likeness (QED) is 0.479. The van der Waals surface area contributed by atoms with Crippen LogP contribution >= 0.6 is 11.8 Å². The number of benzene rings is 2. The number of hydrazone groups is 1. The Kier molecular flexibility index (Phi) is 5.49. The van der Waals surface area contributed by atoms with Gasteiger partial charge in [0.15, 0.2) is 5.16 Å². The van der Waals surface area contributed by atoms with Gasteiger partial charge in [-0.1, -0.05) is 54.2 Å². The first-order chi connectivity index (χ1) is 14.0. The third-order valence-electron chi connectivity index (χ3n) is 4.81. The van der Waals surface area contributed by atoms with Crippen LogP contribution in [0.3, 0.4) is 0 Å². The highest BCUT2D eigenvalue weighted by atomic mass is 32.2. The van der Waals surface area contributed by atoms with Crippen LogP contribution in [0.4, 0.5) is 0 Å². The molecule has 0 N–H and O–H groups in total. The lowest BCUT2D eigenvalue weighted by Gasteiger charge is -2.17.